The van der Waals surface area contributed by atoms with Crippen LogP contribution in [0.4, 0.5) is 23.0 Å². The third-order valence-electron chi connectivity index (χ3n) is 5.79. The van der Waals surface area contributed by atoms with Crippen LogP contribution in [-0.2, 0) is 10.2 Å². The maximum atomic E-state index is 13.5. The third kappa shape index (κ3) is 1.92. The van der Waals surface area contributed by atoms with Gasteiger partial charge >= 0.3 is 5.70 Å². The number of hydrogen-bond donors (Lipinski definition) is 4. The van der Waals surface area contributed by atoms with Crippen molar-refractivity contribution in [1.82, 2.24) is 10.3 Å². The molecule has 1 amide bonds. The van der Waals surface area contributed by atoms with Crippen LogP contribution in [0.3, 0.4) is 0 Å². The molecule has 1 fully saturated rings. The minimum atomic E-state index is -1.87. The second-order valence-electron chi connectivity index (χ2n) is 7.23. The van der Waals surface area contributed by atoms with Crippen LogP contribution in [0.25, 0.3) is 0 Å². The summed E-state index contributed by atoms with van der Waals surface area (Å²) in [6, 6.07) is 8.62. The summed E-state index contributed by atoms with van der Waals surface area (Å²) >= 11 is 0. The van der Waals surface area contributed by atoms with Crippen LogP contribution in [0, 0.1) is 21.4 Å². The highest BCUT2D eigenvalue weighted by Crippen LogP contribution is 2.56. The molecule has 6 N–H and O–H groups in total. The number of carbonyl (C=O) groups excluding carboxylic acids is 1. The van der Waals surface area contributed by atoms with Crippen molar-refractivity contribution in [3.63, 3.8) is 0 Å². The van der Waals surface area contributed by atoms with Crippen LogP contribution in [0.1, 0.15) is 23.1 Å². The first-order valence-corrected chi connectivity index (χ1v) is 9.24. The summed E-state index contributed by atoms with van der Waals surface area (Å²) < 4.78 is 0. The van der Waals surface area contributed by atoms with E-state index in [1.807, 2.05) is 6.07 Å². The summed E-state index contributed by atoms with van der Waals surface area (Å²) in [7, 11) is 0. The number of hydrogen-bond acceptors (Lipinski definition) is 9. The van der Waals surface area contributed by atoms with Gasteiger partial charge in [0.1, 0.15) is 23.3 Å². The summed E-state index contributed by atoms with van der Waals surface area (Å²) in [5, 5.41) is 27.8. The van der Waals surface area contributed by atoms with Crippen molar-refractivity contribution in [2.45, 2.75) is 11.8 Å². The average molecular weight is 404 g/mol. The number of rotatable bonds is 1. The number of pyridine rings is 1. The lowest BCUT2D eigenvalue weighted by molar-refractivity contribution is -0.434. The van der Waals surface area contributed by atoms with Gasteiger partial charge in [0.25, 0.3) is 5.91 Å². The van der Waals surface area contributed by atoms with Gasteiger partial charge in [0, 0.05) is 24.3 Å². The summed E-state index contributed by atoms with van der Waals surface area (Å²) in [5.74, 6) is -0.298. The smallest absolute Gasteiger partial charge is 0.311 e. The monoisotopic (exact) mass is 404 g/mol. The molecule has 4 heterocycles. The number of nitrogens with one attached hydrogen (secondary N) is 2. The Balaban J connectivity index is 2.01. The van der Waals surface area contributed by atoms with Gasteiger partial charge in [0.05, 0.1) is 16.2 Å². The van der Waals surface area contributed by atoms with Gasteiger partial charge in [0.2, 0.25) is 5.41 Å². The Labute approximate surface area is 170 Å². The quantitative estimate of drug-likeness (QED) is 0.392. The number of aromatic nitrogens is 1. The Morgan fingerprint density at radius 1 is 1.33 bits per heavy atom. The molecule has 11 nitrogen and oxygen atoms in total. The molecule has 0 aliphatic carbocycles. The minimum absolute atomic E-state index is 0.0872. The second kappa shape index (κ2) is 5.84. The molecule has 30 heavy (non-hydrogen) atoms. The van der Waals surface area contributed by atoms with Gasteiger partial charge in [0.15, 0.2) is 5.82 Å². The summed E-state index contributed by atoms with van der Waals surface area (Å²) in [6.45, 7) is 0.920. The van der Waals surface area contributed by atoms with E-state index in [0.29, 0.717) is 30.8 Å². The Morgan fingerprint density at radius 2 is 2.10 bits per heavy atom. The van der Waals surface area contributed by atoms with Crippen molar-refractivity contribution in [3.8, 4) is 6.07 Å². The van der Waals surface area contributed by atoms with Crippen molar-refractivity contribution < 1.29 is 9.72 Å². The molecule has 3 aliphatic heterocycles. The molecular formula is C19H16N8O3. The fourth-order valence-corrected chi connectivity index (χ4v) is 4.63. The Bertz CT molecular complexity index is 1230. The number of nitrogens with two attached hydrogens (primary N) is 2. The van der Waals surface area contributed by atoms with Gasteiger partial charge in [-0.1, -0.05) is 18.2 Å². The van der Waals surface area contributed by atoms with E-state index in [-0.39, 0.29) is 40.0 Å². The molecule has 1 atom stereocenters. The molecule has 1 aromatic carbocycles. The van der Waals surface area contributed by atoms with E-state index in [2.05, 4.69) is 15.6 Å². The molecular weight excluding hydrogens is 388 g/mol. The van der Waals surface area contributed by atoms with Crippen molar-refractivity contribution >= 4 is 28.9 Å². The molecule has 11 heteroatoms. The van der Waals surface area contributed by atoms with E-state index in [1.54, 1.807) is 29.2 Å². The summed E-state index contributed by atoms with van der Waals surface area (Å²) in [4.78, 5) is 31.3. The lowest BCUT2D eigenvalue weighted by atomic mass is 9.69. The predicted octanol–water partition coefficient (Wildman–Crippen LogP) is 0.615. The van der Waals surface area contributed by atoms with Crippen LogP contribution in [0.2, 0.25) is 0 Å². The fraction of sp³-hybridized carbons (Fsp3) is 0.211. The number of nitrogen functional groups attached to an aromatic ring is 2. The number of fused-ring (bicyclic) bond motifs is 6. The van der Waals surface area contributed by atoms with Crippen molar-refractivity contribution in [3.05, 3.63) is 62.6 Å². The van der Waals surface area contributed by atoms with E-state index < -0.39 is 16.2 Å². The van der Waals surface area contributed by atoms with E-state index in [0.717, 1.165) is 0 Å². The first-order chi connectivity index (χ1) is 14.4. The standard InChI is InChI=1S/C19H16N8O3/c20-8-9-13(21)12-16(25-15(9)22)26-7-3-6-23-17(26)14(27(29)30)19(12)10-4-1-2-5-11(10)24-18(19)28/h1-2,4-5,23H,3,6-7H2,(H,24,28)(H4,21,22,25). The molecule has 0 saturated carbocycles. The van der Waals surface area contributed by atoms with E-state index >= 15 is 0 Å². The average Bonchev–Trinajstić information content (AvgIpc) is 3.00. The van der Waals surface area contributed by atoms with Crippen molar-refractivity contribution in [2.75, 3.05) is 34.8 Å². The first kappa shape index (κ1) is 17.7. The lowest BCUT2D eigenvalue weighted by Crippen LogP contribution is -2.53. The highest BCUT2D eigenvalue weighted by atomic mass is 16.6. The first-order valence-electron chi connectivity index (χ1n) is 9.24. The number of nitro groups is 1. The van der Waals surface area contributed by atoms with Crippen LogP contribution >= 0.6 is 0 Å². The molecule has 0 bridgehead atoms. The van der Waals surface area contributed by atoms with Crippen molar-refractivity contribution in [1.29, 1.82) is 5.26 Å². The van der Waals surface area contributed by atoms with Crippen molar-refractivity contribution in [2.24, 2.45) is 0 Å². The number of amides is 1. The normalized spacial score (nSPS) is 21.3. The predicted molar refractivity (Wildman–Crippen MR) is 108 cm³/mol. The van der Waals surface area contributed by atoms with Gasteiger partial charge < -0.3 is 27.0 Å². The summed E-state index contributed by atoms with van der Waals surface area (Å²) in [5.41, 5.74) is 10.8. The number of nitrogens with zero attached hydrogens (tertiary/aromatic N) is 4. The topological polar surface area (TPSA) is 176 Å². The highest BCUT2D eigenvalue weighted by Gasteiger charge is 2.64. The molecule has 3 aliphatic rings. The molecule has 5 rings (SSSR count). The summed E-state index contributed by atoms with van der Waals surface area (Å²) in [6.07, 6.45) is 0.686. The molecule has 1 spiro atoms. The maximum absolute atomic E-state index is 13.5. The molecule has 1 saturated heterocycles. The van der Waals surface area contributed by atoms with Crippen LogP contribution in [-0.4, -0.2) is 28.9 Å². The minimum Gasteiger partial charge on any atom is -0.397 e. The second-order valence-corrected chi connectivity index (χ2v) is 7.23. The lowest BCUT2D eigenvalue weighted by Gasteiger charge is -2.41. The molecule has 2 aromatic rings. The third-order valence-corrected chi connectivity index (χ3v) is 5.79. The van der Waals surface area contributed by atoms with Crippen LogP contribution < -0.4 is 27.0 Å². The maximum Gasteiger partial charge on any atom is 0.311 e. The molecule has 150 valence electrons. The zero-order valence-electron chi connectivity index (χ0n) is 15.6. The van der Waals surface area contributed by atoms with E-state index in [1.165, 1.54) is 0 Å². The Hall–Kier alpha value is -4.33. The number of nitriles is 1. The molecule has 1 unspecified atom stereocenters. The van der Waals surface area contributed by atoms with E-state index in [9.17, 15) is 20.2 Å². The number of anilines is 4. The Morgan fingerprint density at radius 3 is 2.83 bits per heavy atom. The van der Waals surface area contributed by atoms with Gasteiger partial charge in [-0.15, -0.1) is 0 Å². The van der Waals surface area contributed by atoms with E-state index in [4.69, 9.17) is 11.5 Å². The molecule has 1 aromatic heterocycles. The number of para-hydroxylation sites is 1. The largest absolute Gasteiger partial charge is 0.397 e. The highest BCUT2D eigenvalue weighted by molar-refractivity contribution is 6.13. The van der Waals surface area contributed by atoms with Crippen LogP contribution in [0.15, 0.2) is 35.8 Å². The fourth-order valence-electron chi connectivity index (χ4n) is 4.63. The number of carbonyl (C=O) groups is 1. The van der Waals surface area contributed by atoms with Gasteiger partial charge in [-0.3, -0.25) is 14.9 Å². The zero-order valence-corrected chi connectivity index (χ0v) is 15.6. The Kier molecular flexibility index (Phi) is 3.45. The van der Waals surface area contributed by atoms with Gasteiger partial charge in [-0.05, 0) is 12.5 Å². The number of benzene rings is 1. The van der Waals surface area contributed by atoms with Gasteiger partial charge in [-0.25, -0.2) is 4.98 Å². The van der Waals surface area contributed by atoms with Crippen LogP contribution in [0.5, 0.6) is 0 Å². The zero-order chi connectivity index (χ0) is 21.2. The SMILES string of the molecule is N#Cc1c(N)nc2c(c1N)C1(C(=O)Nc3ccccc31)C([N+](=O)[O-])=C1NCCCN12. The van der Waals surface area contributed by atoms with Gasteiger partial charge in [-0.2, -0.15) is 5.26 Å². The molecule has 0 radical (unpaired) electrons.